The zero-order valence-electron chi connectivity index (χ0n) is 12.2. The lowest BCUT2D eigenvalue weighted by molar-refractivity contribution is -0.136. The van der Waals surface area contributed by atoms with Crippen molar-refractivity contribution >= 4 is 28.9 Å². The second-order valence-corrected chi connectivity index (χ2v) is 5.96. The SMILES string of the molecule is CCC(C(=O)Oc1ncoc1-c1ccsc1)c1ccc(Cl)nc1. The van der Waals surface area contributed by atoms with Gasteiger partial charge in [-0.15, -0.1) is 0 Å². The quantitative estimate of drug-likeness (QED) is 0.500. The second kappa shape index (κ2) is 6.93. The minimum atomic E-state index is -0.438. The van der Waals surface area contributed by atoms with Crippen LogP contribution in [-0.4, -0.2) is 15.9 Å². The minimum absolute atomic E-state index is 0.175. The molecule has 23 heavy (non-hydrogen) atoms. The van der Waals surface area contributed by atoms with Crippen molar-refractivity contribution in [2.75, 3.05) is 0 Å². The monoisotopic (exact) mass is 348 g/mol. The van der Waals surface area contributed by atoms with Crippen LogP contribution in [0.4, 0.5) is 0 Å². The number of carbonyl (C=O) groups is 1. The van der Waals surface area contributed by atoms with Crippen molar-refractivity contribution in [3.63, 3.8) is 0 Å². The Labute approximate surface area is 141 Å². The Kier molecular flexibility index (Phi) is 4.73. The van der Waals surface area contributed by atoms with Gasteiger partial charge in [-0.3, -0.25) is 4.79 Å². The van der Waals surface area contributed by atoms with Gasteiger partial charge in [-0.25, -0.2) is 4.98 Å². The van der Waals surface area contributed by atoms with Crippen LogP contribution in [0.25, 0.3) is 11.3 Å². The summed E-state index contributed by atoms with van der Waals surface area (Å²) in [6.45, 7) is 1.91. The number of halogens is 1. The molecule has 3 heterocycles. The molecular weight excluding hydrogens is 336 g/mol. The molecule has 0 amide bonds. The molecule has 7 heteroatoms. The van der Waals surface area contributed by atoms with Crippen molar-refractivity contribution in [3.05, 3.63) is 52.3 Å². The number of hydrogen-bond donors (Lipinski definition) is 0. The predicted molar refractivity (Wildman–Crippen MR) is 87.7 cm³/mol. The lowest BCUT2D eigenvalue weighted by Gasteiger charge is -2.13. The molecule has 5 nitrogen and oxygen atoms in total. The van der Waals surface area contributed by atoms with E-state index < -0.39 is 11.9 Å². The first-order valence-electron chi connectivity index (χ1n) is 6.98. The van der Waals surface area contributed by atoms with Gasteiger partial charge in [0.2, 0.25) is 0 Å². The standard InChI is InChI=1S/C16H13ClN2O3S/c1-2-12(10-3-4-13(17)18-7-10)16(20)22-15-14(21-9-19-15)11-5-6-23-8-11/h3-9,12H,2H2,1H3. The van der Waals surface area contributed by atoms with Crippen molar-refractivity contribution in [2.45, 2.75) is 19.3 Å². The maximum absolute atomic E-state index is 12.5. The Morgan fingerprint density at radius 1 is 1.39 bits per heavy atom. The fourth-order valence-corrected chi connectivity index (χ4v) is 2.94. The molecule has 3 aromatic rings. The number of pyridine rings is 1. The van der Waals surface area contributed by atoms with E-state index >= 15 is 0 Å². The Morgan fingerprint density at radius 3 is 2.91 bits per heavy atom. The third-order valence-electron chi connectivity index (χ3n) is 3.36. The minimum Gasteiger partial charge on any atom is -0.439 e. The third-order valence-corrected chi connectivity index (χ3v) is 4.27. The number of nitrogens with zero attached hydrogens (tertiary/aromatic N) is 2. The average molecular weight is 349 g/mol. The lowest BCUT2D eigenvalue weighted by atomic mass is 9.98. The van der Waals surface area contributed by atoms with E-state index in [0.29, 0.717) is 17.3 Å². The molecule has 0 spiro atoms. The normalized spacial score (nSPS) is 12.1. The van der Waals surface area contributed by atoms with Gasteiger partial charge in [0.25, 0.3) is 5.88 Å². The number of carbonyl (C=O) groups excluding carboxylic acids is 1. The summed E-state index contributed by atoms with van der Waals surface area (Å²) < 4.78 is 10.8. The van der Waals surface area contributed by atoms with Crippen molar-refractivity contribution in [1.82, 2.24) is 9.97 Å². The Bertz CT molecular complexity index is 784. The highest BCUT2D eigenvalue weighted by molar-refractivity contribution is 7.08. The van der Waals surface area contributed by atoms with Crippen LogP contribution in [0.5, 0.6) is 5.88 Å². The van der Waals surface area contributed by atoms with Crippen LogP contribution in [0.15, 0.2) is 46.0 Å². The molecule has 0 aliphatic carbocycles. The number of esters is 1. The van der Waals surface area contributed by atoms with Crippen molar-refractivity contribution in [3.8, 4) is 17.2 Å². The van der Waals surface area contributed by atoms with E-state index in [9.17, 15) is 4.79 Å². The molecular formula is C16H13ClN2O3S. The molecule has 0 aliphatic heterocycles. The van der Waals surface area contributed by atoms with Crippen LogP contribution >= 0.6 is 22.9 Å². The summed E-state index contributed by atoms with van der Waals surface area (Å²) >= 11 is 7.31. The van der Waals surface area contributed by atoms with Gasteiger partial charge >= 0.3 is 5.97 Å². The van der Waals surface area contributed by atoms with Crippen LogP contribution < -0.4 is 4.74 Å². The fourth-order valence-electron chi connectivity index (χ4n) is 2.19. The van der Waals surface area contributed by atoms with E-state index in [1.54, 1.807) is 18.3 Å². The summed E-state index contributed by atoms with van der Waals surface area (Å²) in [6.07, 6.45) is 3.43. The Morgan fingerprint density at radius 2 is 2.26 bits per heavy atom. The van der Waals surface area contributed by atoms with E-state index in [0.717, 1.165) is 11.1 Å². The van der Waals surface area contributed by atoms with Crippen LogP contribution in [0.2, 0.25) is 5.15 Å². The van der Waals surface area contributed by atoms with E-state index in [1.807, 2.05) is 23.8 Å². The van der Waals surface area contributed by atoms with Crippen molar-refractivity contribution < 1.29 is 13.9 Å². The number of thiophene rings is 1. The topological polar surface area (TPSA) is 65.2 Å². The number of hydrogen-bond acceptors (Lipinski definition) is 6. The number of ether oxygens (including phenoxy) is 1. The summed E-state index contributed by atoms with van der Waals surface area (Å²) in [5, 5.41) is 4.20. The van der Waals surface area contributed by atoms with Gasteiger partial charge in [0.1, 0.15) is 5.15 Å². The van der Waals surface area contributed by atoms with Crippen molar-refractivity contribution in [2.24, 2.45) is 0 Å². The van der Waals surface area contributed by atoms with Gasteiger partial charge in [0, 0.05) is 17.1 Å². The largest absolute Gasteiger partial charge is 0.439 e. The first-order valence-corrected chi connectivity index (χ1v) is 8.30. The maximum Gasteiger partial charge on any atom is 0.320 e. The molecule has 118 valence electrons. The maximum atomic E-state index is 12.5. The molecule has 0 aliphatic rings. The summed E-state index contributed by atoms with van der Waals surface area (Å²) in [5.41, 5.74) is 1.58. The van der Waals surface area contributed by atoms with E-state index in [2.05, 4.69) is 9.97 Å². The number of oxazole rings is 1. The molecule has 0 saturated carbocycles. The lowest BCUT2D eigenvalue weighted by Crippen LogP contribution is -2.19. The summed E-state index contributed by atoms with van der Waals surface area (Å²) in [7, 11) is 0. The molecule has 0 N–H and O–H groups in total. The second-order valence-electron chi connectivity index (χ2n) is 4.79. The molecule has 1 unspecified atom stereocenters. The van der Waals surface area contributed by atoms with Crippen LogP contribution in [0.3, 0.4) is 0 Å². The Balaban J connectivity index is 1.81. The van der Waals surface area contributed by atoms with Crippen LogP contribution in [-0.2, 0) is 4.79 Å². The molecule has 0 radical (unpaired) electrons. The first-order chi connectivity index (χ1) is 11.2. The van der Waals surface area contributed by atoms with Gasteiger partial charge in [-0.1, -0.05) is 24.6 Å². The molecule has 0 fully saturated rings. The van der Waals surface area contributed by atoms with E-state index in [1.165, 1.54) is 17.7 Å². The first kappa shape index (κ1) is 15.7. The molecule has 0 saturated heterocycles. The molecule has 3 rings (SSSR count). The molecule has 0 aromatic carbocycles. The summed E-state index contributed by atoms with van der Waals surface area (Å²) in [5.74, 6) is -0.216. The highest BCUT2D eigenvalue weighted by atomic mass is 35.5. The van der Waals surface area contributed by atoms with E-state index in [-0.39, 0.29) is 5.88 Å². The predicted octanol–water partition coefficient (Wildman–Crippen LogP) is 4.55. The summed E-state index contributed by atoms with van der Waals surface area (Å²) in [6, 6.07) is 5.30. The fraction of sp³-hybridized carbons (Fsp3) is 0.188. The van der Waals surface area contributed by atoms with E-state index in [4.69, 9.17) is 20.8 Å². The number of rotatable bonds is 5. The van der Waals surface area contributed by atoms with Gasteiger partial charge in [0.05, 0.1) is 5.92 Å². The Hall–Kier alpha value is -2.18. The zero-order chi connectivity index (χ0) is 16.2. The van der Waals surface area contributed by atoms with Gasteiger partial charge < -0.3 is 9.15 Å². The average Bonchev–Trinajstić information content (AvgIpc) is 3.20. The zero-order valence-corrected chi connectivity index (χ0v) is 13.8. The van der Waals surface area contributed by atoms with Crippen molar-refractivity contribution in [1.29, 1.82) is 0 Å². The van der Waals surface area contributed by atoms with Crippen LogP contribution in [0.1, 0.15) is 24.8 Å². The molecule has 0 bridgehead atoms. The molecule has 3 aromatic heterocycles. The summed E-state index contributed by atoms with van der Waals surface area (Å²) in [4.78, 5) is 20.5. The van der Waals surface area contributed by atoms with Gasteiger partial charge in [0.15, 0.2) is 12.2 Å². The van der Waals surface area contributed by atoms with Gasteiger partial charge in [-0.2, -0.15) is 16.3 Å². The smallest absolute Gasteiger partial charge is 0.320 e. The highest BCUT2D eigenvalue weighted by Crippen LogP contribution is 2.32. The number of aromatic nitrogens is 2. The molecule has 1 atom stereocenters. The third kappa shape index (κ3) is 3.43. The highest BCUT2D eigenvalue weighted by Gasteiger charge is 2.24. The van der Waals surface area contributed by atoms with Crippen LogP contribution in [0, 0.1) is 0 Å². The van der Waals surface area contributed by atoms with Gasteiger partial charge in [-0.05, 0) is 29.5 Å².